The van der Waals surface area contributed by atoms with E-state index in [0.29, 0.717) is 13.2 Å². The Morgan fingerprint density at radius 3 is 2.55 bits per heavy atom. The third-order valence-corrected chi connectivity index (χ3v) is 2.77. The molecule has 110 valence electrons. The van der Waals surface area contributed by atoms with Crippen LogP contribution in [-0.4, -0.2) is 32.2 Å². The van der Waals surface area contributed by atoms with Crippen LogP contribution in [0.25, 0.3) is 0 Å². The fraction of sp³-hybridized carbons (Fsp3) is 0.467. The van der Waals surface area contributed by atoms with Crippen molar-refractivity contribution in [3.8, 4) is 0 Å². The van der Waals surface area contributed by atoms with Gasteiger partial charge in [0, 0.05) is 13.7 Å². The van der Waals surface area contributed by atoms with E-state index in [1.165, 1.54) is 7.11 Å². The molecule has 0 aliphatic heterocycles. The molecule has 1 aromatic rings. The van der Waals surface area contributed by atoms with Crippen LogP contribution in [0.4, 0.5) is 0 Å². The van der Waals surface area contributed by atoms with Crippen LogP contribution in [0, 0.1) is 5.92 Å². The average Bonchev–Trinajstić information content (AvgIpc) is 2.45. The van der Waals surface area contributed by atoms with Gasteiger partial charge in [0.05, 0.1) is 25.6 Å². The van der Waals surface area contributed by atoms with Gasteiger partial charge in [-0.1, -0.05) is 30.3 Å². The Bertz CT molecular complexity index is 419. The number of nitrogens with one attached hydrogen (secondary N) is 1. The highest BCUT2D eigenvalue weighted by atomic mass is 16.5. The Balaban J connectivity index is 2.49. The first-order chi connectivity index (χ1) is 9.67. The van der Waals surface area contributed by atoms with Crippen molar-refractivity contribution in [2.45, 2.75) is 19.9 Å². The second-order valence-corrected chi connectivity index (χ2v) is 4.36. The summed E-state index contributed by atoms with van der Waals surface area (Å²) in [6.45, 7) is 2.67. The molecule has 0 saturated carbocycles. The van der Waals surface area contributed by atoms with E-state index in [9.17, 15) is 9.59 Å². The molecular weight excluding hydrogens is 258 g/mol. The van der Waals surface area contributed by atoms with Gasteiger partial charge in [0.15, 0.2) is 0 Å². The van der Waals surface area contributed by atoms with Gasteiger partial charge in [-0.25, -0.2) is 0 Å². The number of ether oxygens (including phenoxy) is 2. The van der Waals surface area contributed by atoms with Gasteiger partial charge in [0.2, 0.25) is 5.91 Å². The zero-order chi connectivity index (χ0) is 14.8. The number of methoxy groups -OCH3 is 1. The van der Waals surface area contributed by atoms with Crippen LogP contribution in [0.3, 0.4) is 0 Å². The Labute approximate surface area is 119 Å². The monoisotopic (exact) mass is 279 g/mol. The molecule has 1 amide bonds. The van der Waals surface area contributed by atoms with Gasteiger partial charge in [0.1, 0.15) is 0 Å². The number of rotatable bonds is 8. The fourth-order valence-electron chi connectivity index (χ4n) is 1.78. The maximum absolute atomic E-state index is 12.0. The lowest BCUT2D eigenvalue weighted by molar-refractivity contribution is -0.147. The third kappa shape index (κ3) is 5.84. The van der Waals surface area contributed by atoms with Gasteiger partial charge in [-0.3, -0.25) is 9.59 Å². The molecule has 0 radical (unpaired) electrons. The molecular formula is C15H21NO4. The molecule has 5 heteroatoms. The van der Waals surface area contributed by atoms with E-state index in [2.05, 4.69) is 5.32 Å². The highest BCUT2D eigenvalue weighted by molar-refractivity contribution is 5.83. The fourth-order valence-corrected chi connectivity index (χ4v) is 1.78. The maximum atomic E-state index is 12.0. The van der Waals surface area contributed by atoms with Crippen LogP contribution in [0.1, 0.15) is 18.9 Å². The molecule has 0 bridgehead atoms. The van der Waals surface area contributed by atoms with Crippen LogP contribution in [0.2, 0.25) is 0 Å². The minimum absolute atomic E-state index is 0.0301. The Kier molecular flexibility index (Phi) is 7.35. The first kappa shape index (κ1) is 16.2. The number of amides is 1. The van der Waals surface area contributed by atoms with Crippen LogP contribution in [0.5, 0.6) is 0 Å². The molecule has 0 saturated heterocycles. The van der Waals surface area contributed by atoms with Crippen LogP contribution < -0.4 is 5.32 Å². The first-order valence-corrected chi connectivity index (χ1v) is 6.63. The number of carbonyl (C=O) groups excluding carboxylic acids is 2. The van der Waals surface area contributed by atoms with Gasteiger partial charge in [-0.05, 0) is 12.5 Å². The van der Waals surface area contributed by atoms with E-state index in [4.69, 9.17) is 9.47 Å². The molecule has 0 heterocycles. The van der Waals surface area contributed by atoms with Crippen molar-refractivity contribution < 1.29 is 19.1 Å². The quantitative estimate of drug-likeness (QED) is 0.733. The normalized spacial score (nSPS) is 11.7. The van der Waals surface area contributed by atoms with E-state index >= 15 is 0 Å². The van der Waals surface area contributed by atoms with E-state index in [1.54, 1.807) is 6.92 Å². The molecule has 5 nitrogen and oxygen atoms in total. The van der Waals surface area contributed by atoms with Crippen molar-refractivity contribution in [3.63, 3.8) is 0 Å². The predicted molar refractivity (Wildman–Crippen MR) is 74.9 cm³/mol. The molecule has 1 N–H and O–H groups in total. The van der Waals surface area contributed by atoms with Crippen molar-refractivity contribution in [1.82, 2.24) is 5.32 Å². The summed E-state index contributed by atoms with van der Waals surface area (Å²) in [5.74, 6) is -1.11. The summed E-state index contributed by atoms with van der Waals surface area (Å²) in [6.07, 6.45) is 0.0301. The van der Waals surface area contributed by atoms with Gasteiger partial charge >= 0.3 is 5.97 Å². The van der Waals surface area contributed by atoms with E-state index in [0.717, 1.165) is 5.56 Å². The molecule has 0 aliphatic rings. The highest BCUT2D eigenvalue weighted by Crippen LogP contribution is 2.07. The summed E-state index contributed by atoms with van der Waals surface area (Å²) in [5.41, 5.74) is 1.01. The summed E-state index contributed by atoms with van der Waals surface area (Å²) < 4.78 is 9.84. The number of carbonyl (C=O) groups is 2. The zero-order valence-electron chi connectivity index (χ0n) is 11.9. The second-order valence-electron chi connectivity index (χ2n) is 4.36. The predicted octanol–water partition coefficient (Wildman–Crippen LogP) is 1.52. The van der Waals surface area contributed by atoms with E-state index < -0.39 is 5.92 Å². The van der Waals surface area contributed by atoms with Crippen molar-refractivity contribution in [1.29, 1.82) is 0 Å². The minimum atomic E-state index is -0.525. The van der Waals surface area contributed by atoms with Gasteiger partial charge in [0.25, 0.3) is 0 Å². The lowest BCUT2D eigenvalue weighted by atomic mass is 10.1. The van der Waals surface area contributed by atoms with Crippen LogP contribution in [0.15, 0.2) is 30.3 Å². The molecule has 0 unspecified atom stereocenters. The topological polar surface area (TPSA) is 64.6 Å². The maximum Gasteiger partial charge on any atom is 0.306 e. The summed E-state index contributed by atoms with van der Waals surface area (Å²) >= 11 is 0. The van der Waals surface area contributed by atoms with Crippen molar-refractivity contribution in [2.75, 3.05) is 20.3 Å². The first-order valence-electron chi connectivity index (χ1n) is 6.63. The summed E-state index contributed by atoms with van der Waals surface area (Å²) in [7, 11) is 1.50. The molecule has 0 aromatic heterocycles. The third-order valence-electron chi connectivity index (χ3n) is 2.77. The number of hydrogen-bond acceptors (Lipinski definition) is 4. The number of benzene rings is 1. The molecule has 0 fully saturated rings. The summed E-state index contributed by atoms with van der Waals surface area (Å²) in [5, 5.41) is 2.80. The van der Waals surface area contributed by atoms with Gasteiger partial charge < -0.3 is 14.8 Å². The van der Waals surface area contributed by atoms with Gasteiger partial charge in [-0.15, -0.1) is 0 Å². The van der Waals surface area contributed by atoms with Crippen molar-refractivity contribution in [3.05, 3.63) is 35.9 Å². The smallest absolute Gasteiger partial charge is 0.306 e. The van der Waals surface area contributed by atoms with Gasteiger partial charge in [-0.2, -0.15) is 0 Å². The highest BCUT2D eigenvalue weighted by Gasteiger charge is 2.22. The molecule has 20 heavy (non-hydrogen) atoms. The standard InChI is InChI=1S/C15H21NO4/c1-3-20-14(17)9-13(11-19-2)15(18)16-10-12-7-5-4-6-8-12/h4-8,13H,3,9-11H2,1-2H3,(H,16,18)/t13-/m1/s1. The molecule has 1 atom stereocenters. The largest absolute Gasteiger partial charge is 0.466 e. The van der Waals surface area contributed by atoms with Crippen molar-refractivity contribution >= 4 is 11.9 Å². The molecule has 1 aromatic carbocycles. The Hall–Kier alpha value is -1.88. The minimum Gasteiger partial charge on any atom is -0.466 e. The molecule has 0 spiro atoms. The Morgan fingerprint density at radius 1 is 1.25 bits per heavy atom. The lowest BCUT2D eigenvalue weighted by Crippen LogP contribution is -2.34. The zero-order valence-corrected chi connectivity index (χ0v) is 11.9. The summed E-state index contributed by atoms with van der Waals surface area (Å²) in [6, 6.07) is 9.59. The SMILES string of the molecule is CCOC(=O)C[C@H](COC)C(=O)NCc1ccccc1. The Morgan fingerprint density at radius 2 is 1.95 bits per heavy atom. The summed E-state index contributed by atoms with van der Waals surface area (Å²) in [4.78, 5) is 23.5. The van der Waals surface area contributed by atoms with E-state index in [-0.39, 0.29) is 24.9 Å². The molecule has 1 rings (SSSR count). The average molecular weight is 279 g/mol. The number of esters is 1. The van der Waals surface area contributed by atoms with Crippen LogP contribution in [-0.2, 0) is 25.6 Å². The molecule has 0 aliphatic carbocycles. The lowest BCUT2D eigenvalue weighted by Gasteiger charge is -2.15. The van der Waals surface area contributed by atoms with Crippen molar-refractivity contribution in [2.24, 2.45) is 5.92 Å². The second kappa shape index (κ2) is 9.09. The number of hydrogen-bond donors (Lipinski definition) is 1. The van der Waals surface area contributed by atoms with E-state index in [1.807, 2.05) is 30.3 Å². The van der Waals surface area contributed by atoms with Crippen LogP contribution >= 0.6 is 0 Å².